The van der Waals surface area contributed by atoms with Gasteiger partial charge >= 0.3 is 0 Å². The number of hydrogen-bond acceptors (Lipinski definition) is 3. The van der Waals surface area contributed by atoms with Crippen LogP contribution in [0.5, 0.6) is 0 Å². The average Bonchev–Trinajstić information content (AvgIpc) is 2.34. The van der Waals surface area contributed by atoms with Gasteiger partial charge in [-0.15, -0.1) is 0 Å². The summed E-state index contributed by atoms with van der Waals surface area (Å²) in [5, 5.41) is 5.10. The van der Waals surface area contributed by atoms with Crippen molar-refractivity contribution in [3.05, 3.63) is 28.2 Å². The van der Waals surface area contributed by atoms with Gasteiger partial charge in [-0.1, -0.05) is 13.3 Å². The first kappa shape index (κ1) is 16.1. The number of carbonyl (C=O) groups excluding carboxylic acids is 1. The number of rotatable bonds is 5. The van der Waals surface area contributed by atoms with Gasteiger partial charge in [0.25, 0.3) is 5.91 Å². The molecule has 7 heteroatoms. The van der Waals surface area contributed by atoms with Crippen molar-refractivity contribution in [2.45, 2.75) is 24.7 Å². The van der Waals surface area contributed by atoms with Crippen LogP contribution < -0.4 is 5.14 Å². The average molecular weight is 349 g/mol. The van der Waals surface area contributed by atoms with Crippen LogP contribution in [0.25, 0.3) is 0 Å². The Morgan fingerprint density at radius 3 is 2.58 bits per heavy atom. The van der Waals surface area contributed by atoms with Crippen molar-refractivity contribution < 1.29 is 13.2 Å². The molecule has 0 radical (unpaired) electrons. The molecular weight excluding hydrogens is 332 g/mol. The molecule has 0 atom stereocenters. The summed E-state index contributed by atoms with van der Waals surface area (Å²) in [6.07, 6.45) is 1.89. The maximum Gasteiger partial charge on any atom is 0.253 e. The number of nitrogens with zero attached hydrogens (tertiary/aromatic N) is 1. The summed E-state index contributed by atoms with van der Waals surface area (Å²) < 4.78 is 23.1. The van der Waals surface area contributed by atoms with Gasteiger partial charge in [0, 0.05) is 23.6 Å². The predicted octanol–water partition coefficient (Wildman–Crippen LogP) is 1.97. The Balaban J connectivity index is 3.06. The standard InChI is InChI=1S/C12H17BrN2O3S/c1-3-4-7-15(2)12(16)9-5-6-10(13)11(8-9)19(14,17)18/h5-6,8H,3-4,7H2,1-2H3,(H2,14,17,18). The van der Waals surface area contributed by atoms with Gasteiger partial charge in [0.15, 0.2) is 0 Å². The molecule has 1 aromatic rings. The van der Waals surface area contributed by atoms with Crippen LogP contribution >= 0.6 is 15.9 Å². The van der Waals surface area contributed by atoms with Crippen molar-refractivity contribution in [3.63, 3.8) is 0 Å². The number of hydrogen-bond donors (Lipinski definition) is 1. The van der Waals surface area contributed by atoms with E-state index in [9.17, 15) is 13.2 Å². The number of halogens is 1. The topological polar surface area (TPSA) is 80.5 Å². The molecule has 0 spiro atoms. The second-order valence-electron chi connectivity index (χ2n) is 4.27. The minimum absolute atomic E-state index is 0.0813. The summed E-state index contributed by atoms with van der Waals surface area (Å²) in [7, 11) is -2.16. The summed E-state index contributed by atoms with van der Waals surface area (Å²) in [6, 6.07) is 4.38. The fourth-order valence-corrected chi connectivity index (χ4v) is 3.13. The number of nitrogens with two attached hydrogens (primary N) is 1. The molecule has 1 aromatic carbocycles. The summed E-state index contributed by atoms with van der Waals surface area (Å²) in [5.74, 6) is -0.217. The van der Waals surface area contributed by atoms with Crippen molar-refractivity contribution in [3.8, 4) is 0 Å². The Kier molecular flexibility index (Phi) is 5.51. The maximum absolute atomic E-state index is 12.1. The van der Waals surface area contributed by atoms with Gasteiger partial charge in [-0.05, 0) is 40.5 Å². The van der Waals surface area contributed by atoms with Crippen LogP contribution in [-0.2, 0) is 10.0 Å². The van der Waals surface area contributed by atoms with Crippen LogP contribution in [0, 0.1) is 0 Å². The number of unbranched alkanes of at least 4 members (excludes halogenated alkanes) is 1. The monoisotopic (exact) mass is 348 g/mol. The Morgan fingerprint density at radius 2 is 2.05 bits per heavy atom. The van der Waals surface area contributed by atoms with E-state index < -0.39 is 10.0 Å². The smallest absolute Gasteiger partial charge is 0.253 e. The quantitative estimate of drug-likeness (QED) is 0.883. The molecule has 0 unspecified atom stereocenters. The van der Waals surface area contributed by atoms with Crippen LogP contribution in [0.1, 0.15) is 30.1 Å². The third-order valence-corrected chi connectivity index (χ3v) is 4.58. The van der Waals surface area contributed by atoms with E-state index in [0.29, 0.717) is 16.6 Å². The van der Waals surface area contributed by atoms with Crippen molar-refractivity contribution in [1.29, 1.82) is 0 Å². The third-order valence-electron chi connectivity index (χ3n) is 2.68. The Bertz CT molecular complexity index is 572. The molecule has 0 aliphatic heterocycles. The van der Waals surface area contributed by atoms with Gasteiger partial charge < -0.3 is 4.90 Å². The zero-order valence-electron chi connectivity index (χ0n) is 10.9. The minimum Gasteiger partial charge on any atom is -0.342 e. The SMILES string of the molecule is CCCCN(C)C(=O)c1ccc(Br)c(S(N)(=O)=O)c1. The number of amides is 1. The highest BCUT2D eigenvalue weighted by Gasteiger charge is 2.17. The van der Waals surface area contributed by atoms with E-state index in [1.54, 1.807) is 18.0 Å². The van der Waals surface area contributed by atoms with Gasteiger partial charge in [-0.25, -0.2) is 13.6 Å². The second kappa shape index (κ2) is 6.49. The first-order chi connectivity index (χ1) is 8.77. The molecule has 0 fully saturated rings. The molecule has 0 saturated heterocycles. The molecule has 0 bridgehead atoms. The molecule has 1 amide bonds. The molecule has 2 N–H and O–H groups in total. The Morgan fingerprint density at radius 1 is 1.42 bits per heavy atom. The summed E-state index contributed by atoms with van der Waals surface area (Å²) >= 11 is 3.11. The van der Waals surface area contributed by atoms with Crippen LogP contribution in [0.15, 0.2) is 27.6 Å². The molecule has 0 aliphatic carbocycles. The zero-order chi connectivity index (χ0) is 14.6. The van der Waals surface area contributed by atoms with Crippen LogP contribution in [0.3, 0.4) is 0 Å². The highest BCUT2D eigenvalue weighted by atomic mass is 79.9. The fraction of sp³-hybridized carbons (Fsp3) is 0.417. The van der Waals surface area contributed by atoms with E-state index in [-0.39, 0.29) is 10.8 Å². The summed E-state index contributed by atoms with van der Waals surface area (Å²) in [5.41, 5.74) is 0.311. The molecule has 0 aliphatic rings. The van der Waals surface area contributed by atoms with Gasteiger partial charge in [0.05, 0.1) is 4.90 Å². The first-order valence-electron chi connectivity index (χ1n) is 5.85. The number of sulfonamides is 1. The Labute approximate surface area is 122 Å². The fourth-order valence-electron chi connectivity index (χ4n) is 1.57. The van der Waals surface area contributed by atoms with E-state index >= 15 is 0 Å². The molecule has 0 aromatic heterocycles. The molecular formula is C12H17BrN2O3S. The van der Waals surface area contributed by atoms with E-state index in [4.69, 9.17) is 5.14 Å². The van der Waals surface area contributed by atoms with Gasteiger partial charge in [0.2, 0.25) is 10.0 Å². The lowest BCUT2D eigenvalue weighted by molar-refractivity contribution is 0.0793. The number of carbonyl (C=O) groups is 1. The van der Waals surface area contributed by atoms with Gasteiger partial charge in [-0.3, -0.25) is 4.79 Å². The summed E-state index contributed by atoms with van der Waals surface area (Å²) in [6.45, 7) is 2.67. The lowest BCUT2D eigenvalue weighted by Gasteiger charge is -2.17. The van der Waals surface area contributed by atoms with E-state index in [1.807, 2.05) is 6.92 Å². The summed E-state index contributed by atoms with van der Waals surface area (Å²) in [4.78, 5) is 13.6. The lowest BCUT2D eigenvalue weighted by Crippen LogP contribution is -2.28. The molecule has 19 heavy (non-hydrogen) atoms. The van der Waals surface area contributed by atoms with Crippen LogP contribution in [0.4, 0.5) is 0 Å². The normalized spacial score (nSPS) is 11.4. The van der Waals surface area contributed by atoms with Crippen molar-refractivity contribution in [2.75, 3.05) is 13.6 Å². The number of benzene rings is 1. The minimum atomic E-state index is -3.85. The molecule has 0 saturated carbocycles. The van der Waals surface area contributed by atoms with Crippen molar-refractivity contribution in [1.82, 2.24) is 4.90 Å². The maximum atomic E-state index is 12.1. The lowest BCUT2D eigenvalue weighted by atomic mass is 10.2. The first-order valence-corrected chi connectivity index (χ1v) is 8.19. The van der Waals surface area contributed by atoms with Crippen LogP contribution in [0.2, 0.25) is 0 Å². The van der Waals surface area contributed by atoms with Crippen molar-refractivity contribution in [2.24, 2.45) is 5.14 Å². The molecule has 0 heterocycles. The van der Waals surface area contributed by atoms with Gasteiger partial charge in [0.1, 0.15) is 0 Å². The second-order valence-corrected chi connectivity index (χ2v) is 6.65. The highest BCUT2D eigenvalue weighted by Crippen LogP contribution is 2.22. The predicted molar refractivity (Wildman–Crippen MR) is 77.4 cm³/mol. The van der Waals surface area contributed by atoms with Crippen LogP contribution in [-0.4, -0.2) is 32.8 Å². The zero-order valence-corrected chi connectivity index (χ0v) is 13.3. The number of primary sulfonamides is 1. The van der Waals surface area contributed by atoms with E-state index in [1.165, 1.54) is 12.1 Å². The largest absolute Gasteiger partial charge is 0.342 e. The van der Waals surface area contributed by atoms with E-state index in [0.717, 1.165) is 12.8 Å². The molecule has 5 nitrogen and oxygen atoms in total. The third kappa shape index (κ3) is 4.29. The van der Waals surface area contributed by atoms with E-state index in [2.05, 4.69) is 15.9 Å². The molecule has 1 rings (SSSR count). The highest BCUT2D eigenvalue weighted by molar-refractivity contribution is 9.10. The Hall–Kier alpha value is -0.920. The molecule has 106 valence electrons. The van der Waals surface area contributed by atoms with Gasteiger partial charge in [-0.2, -0.15) is 0 Å². The van der Waals surface area contributed by atoms with Crippen molar-refractivity contribution >= 4 is 31.9 Å².